The van der Waals surface area contributed by atoms with Crippen molar-refractivity contribution in [3.8, 4) is 5.75 Å². The predicted molar refractivity (Wildman–Crippen MR) is 61.8 cm³/mol. The molecule has 0 bridgehead atoms. The van der Waals surface area contributed by atoms with Crippen molar-refractivity contribution < 1.29 is 13.9 Å². The highest BCUT2D eigenvalue weighted by molar-refractivity contribution is 7.80. The van der Waals surface area contributed by atoms with Crippen LogP contribution in [-0.2, 0) is 4.79 Å². The summed E-state index contributed by atoms with van der Waals surface area (Å²) in [6.07, 6.45) is 0. The van der Waals surface area contributed by atoms with E-state index in [9.17, 15) is 9.18 Å². The van der Waals surface area contributed by atoms with Crippen LogP contribution in [-0.4, -0.2) is 24.6 Å². The van der Waals surface area contributed by atoms with Crippen molar-refractivity contribution in [3.05, 3.63) is 29.6 Å². The minimum Gasteiger partial charge on any atom is -0.481 e. The second kappa shape index (κ2) is 5.41. The Bertz CT molecular complexity index is 423. The maximum Gasteiger partial charge on any atom is 0.257 e. The molecule has 3 N–H and O–H groups in total. The van der Waals surface area contributed by atoms with Gasteiger partial charge in [-0.3, -0.25) is 4.79 Å². The number of ether oxygens (including phenoxy) is 1. The van der Waals surface area contributed by atoms with Crippen LogP contribution in [0.5, 0.6) is 5.75 Å². The zero-order valence-electron chi connectivity index (χ0n) is 8.62. The normalized spacial score (nSPS) is 9.62. The molecule has 1 rings (SSSR count). The first-order valence-corrected chi connectivity index (χ1v) is 4.88. The van der Waals surface area contributed by atoms with E-state index in [1.165, 1.54) is 25.2 Å². The van der Waals surface area contributed by atoms with Crippen molar-refractivity contribution in [2.75, 3.05) is 13.7 Å². The van der Waals surface area contributed by atoms with Gasteiger partial charge in [0.15, 0.2) is 18.2 Å². The molecule has 0 heterocycles. The molecule has 0 aliphatic rings. The van der Waals surface area contributed by atoms with E-state index in [1.54, 1.807) is 0 Å². The van der Waals surface area contributed by atoms with Crippen LogP contribution in [0.1, 0.15) is 5.56 Å². The number of rotatable bonds is 4. The Balaban J connectivity index is 2.75. The monoisotopic (exact) mass is 242 g/mol. The summed E-state index contributed by atoms with van der Waals surface area (Å²) < 4.78 is 18.3. The van der Waals surface area contributed by atoms with E-state index < -0.39 is 5.82 Å². The highest BCUT2D eigenvalue weighted by Gasteiger charge is 2.07. The summed E-state index contributed by atoms with van der Waals surface area (Å²) in [5.74, 6) is -0.948. The molecule has 86 valence electrons. The van der Waals surface area contributed by atoms with Gasteiger partial charge in [0.25, 0.3) is 5.91 Å². The van der Waals surface area contributed by atoms with Crippen LogP contribution < -0.4 is 15.8 Å². The Morgan fingerprint density at radius 2 is 2.31 bits per heavy atom. The van der Waals surface area contributed by atoms with Gasteiger partial charge in [0.05, 0.1) is 0 Å². The highest BCUT2D eigenvalue weighted by atomic mass is 32.1. The van der Waals surface area contributed by atoms with Crippen LogP contribution in [0.2, 0.25) is 0 Å². The minimum atomic E-state index is -0.603. The molecule has 0 spiro atoms. The summed E-state index contributed by atoms with van der Waals surface area (Å²) in [5.41, 5.74) is 5.75. The molecule has 0 aliphatic heterocycles. The lowest BCUT2D eigenvalue weighted by atomic mass is 10.2. The summed E-state index contributed by atoms with van der Waals surface area (Å²) in [7, 11) is 1.47. The van der Waals surface area contributed by atoms with Crippen LogP contribution in [0.15, 0.2) is 18.2 Å². The molecule has 16 heavy (non-hydrogen) atoms. The predicted octanol–water partition coefficient (Wildman–Crippen LogP) is 0.585. The SMILES string of the molecule is CNC(=O)COc1ccc(C(N)=S)cc1F. The van der Waals surface area contributed by atoms with Crippen molar-refractivity contribution in [2.45, 2.75) is 0 Å². The second-order valence-corrected chi connectivity index (χ2v) is 3.41. The number of carbonyl (C=O) groups is 1. The Morgan fingerprint density at radius 3 is 2.81 bits per heavy atom. The van der Waals surface area contributed by atoms with E-state index >= 15 is 0 Å². The molecule has 0 atom stereocenters. The summed E-state index contributed by atoms with van der Waals surface area (Å²) in [6, 6.07) is 4.08. The summed E-state index contributed by atoms with van der Waals surface area (Å²) in [6.45, 7) is -0.236. The van der Waals surface area contributed by atoms with Crippen molar-refractivity contribution in [3.63, 3.8) is 0 Å². The fraction of sp³-hybridized carbons (Fsp3) is 0.200. The zero-order valence-corrected chi connectivity index (χ0v) is 9.44. The second-order valence-electron chi connectivity index (χ2n) is 2.97. The van der Waals surface area contributed by atoms with Gasteiger partial charge < -0.3 is 15.8 Å². The van der Waals surface area contributed by atoms with E-state index in [4.69, 9.17) is 22.7 Å². The van der Waals surface area contributed by atoms with E-state index in [1.807, 2.05) is 0 Å². The lowest BCUT2D eigenvalue weighted by Crippen LogP contribution is -2.25. The van der Waals surface area contributed by atoms with Gasteiger partial charge in [-0.05, 0) is 18.2 Å². The van der Waals surface area contributed by atoms with Crippen LogP contribution in [0, 0.1) is 5.82 Å². The Hall–Kier alpha value is -1.69. The molecule has 1 aromatic carbocycles. The number of hydrogen-bond donors (Lipinski definition) is 2. The lowest BCUT2D eigenvalue weighted by Gasteiger charge is -2.07. The maximum absolute atomic E-state index is 13.4. The zero-order chi connectivity index (χ0) is 12.1. The van der Waals surface area contributed by atoms with Crippen molar-refractivity contribution in [1.29, 1.82) is 0 Å². The minimum absolute atomic E-state index is 0.0106. The molecule has 6 heteroatoms. The Labute approximate surface area is 97.6 Å². The number of nitrogens with one attached hydrogen (secondary N) is 1. The highest BCUT2D eigenvalue weighted by Crippen LogP contribution is 2.18. The molecule has 0 radical (unpaired) electrons. The number of benzene rings is 1. The molecule has 0 fully saturated rings. The molecular weight excluding hydrogens is 231 g/mol. The molecular formula is C10H11FN2O2S. The fourth-order valence-corrected chi connectivity index (χ4v) is 1.11. The first kappa shape index (κ1) is 12.4. The number of likely N-dealkylation sites (N-methyl/N-ethyl adjacent to an activating group) is 1. The van der Waals surface area contributed by atoms with Crippen LogP contribution in [0.4, 0.5) is 4.39 Å². The maximum atomic E-state index is 13.4. The smallest absolute Gasteiger partial charge is 0.257 e. The van der Waals surface area contributed by atoms with E-state index in [0.29, 0.717) is 5.56 Å². The first-order valence-electron chi connectivity index (χ1n) is 4.47. The molecule has 0 aliphatic carbocycles. The first-order chi connectivity index (χ1) is 7.54. The van der Waals surface area contributed by atoms with Crippen molar-refractivity contribution >= 4 is 23.1 Å². The van der Waals surface area contributed by atoms with Gasteiger partial charge in [0.2, 0.25) is 0 Å². The molecule has 0 saturated heterocycles. The Kier molecular flexibility index (Phi) is 4.19. The number of halogens is 1. The third-order valence-corrected chi connectivity index (χ3v) is 2.09. The van der Waals surface area contributed by atoms with Gasteiger partial charge in [-0.2, -0.15) is 0 Å². The van der Waals surface area contributed by atoms with E-state index in [2.05, 4.69) is 5.32 Å². The standard InChI is InChI=1S/C10H11FN2O2S/c1-13-9(14)5-15-8-3-2-6(10(12)16)4-7(8)11/h2-4H,5H2,1H3,(H2,12,16)(H,13,14). The average Bonchev–Trinajstić information content (AvgIpc) is 2.26. The number of amides is 1. The number of carbonyl (C=O) groups excluding carboxylic acids is 1. The van der Waals surface area contributed by atoms with Crippen LogP contribution in [0.25, 0.3) is 0 Å². The van der Waals surface area contributed by atoms with E-state index in [-0.39, 0.29) is 23.3 Å². The van der Waals surface area contributed by atoms with Gasteiger partial charge in [0.1, 0.15) is 4.99 Å². The van der Waals surface area contributed by atoms with Gasteiger partial charge in [-0.15, -0.1) is 0 Å². The van der Waals surface area contributed by atoms with Crippen molar-refractivity contribution in [2.24, 2.45) is 5.73 Å². The largest absolute Gasteiger partial charge is 0.481 e. The molecule has 0 aromatic heterocycles. The van der Waals surface area contributed by atoms with Crippen LogP contribution in [0.3, 0.4) is 0 Å². The third kappa shape index (κ3) is 3.16. The summed E-state index contributed by atoms with van der Waals surface area (Å²) >= 11 is 4.70. The summed E-state index contributed by atoms with van der Waals surface area (Å²) in [5, 5.41) is 2.36. The topological polar surface area (TPSA) is 64.3 Å². The molecule has 4 nitrogen and oxygen atoms in total. The quantitative estimate of drug-likeness (QED) is 0.758. The molecule has 1 aromatic rings. The van der Waals surface area contributed by atoms with Crippen molar-refractivity contribution in [1.82, 2.24) is 5.32 Å². The van der Waals surface area contributed by atoms with Gasteiger partial charge >= 0.3 is 0 Å². The van der Waals surface area contributed by atoms with Gasteiger partial charge in [-0.1, -0.05) is 12.2 Å². The molecule has 1 amide bonds. The average molecular weight is 242 g/mol. The summed E-state index contributed by atoms with van der Waals surface area (Å²) in [4.78, 5) is 11.0. The lowest BCUT2D eigenvalue weighted by molar-refractivity contribution is -0.122. The molecule has 0 saturated carbocycles. The Morgan fingerprint density at radius 1 is 1.62 bits per heavy atom. The number of nitrogens with two attached hydrogens (primary N) is 1. The van der Waals surface area contributed by atoms with E-state index in [0.717, 1.165) is 0 Å². The number of hydrogen-bond acceptors (Lipinski definition) is 3. The molecule has 0 unspecified atom stereocenters. The van der Waals surface area contributed by atoms with Gasteiger partial charge in [-0.25, -0.2) is 4.39 Å². The third-order valence-electron chi connectivity index (χ3n) is 1.85. The van der Waals surface area contributed by atoms with Crippen LogP contribution >= 0.6 is 12.2 Å². The fourth-order valence-electron chi connectivity index (χ4n) is 0.987. The number of thiocarbonyl (C=S) groups is 1. The van der Waals surface area contributed by atoms with Gasteiger partial charge in [0, 0.05) is 12.6 Å².